The molecule has 2 aromatic rings. The average Bonchev–Trinajstić information content (AvgIpc) is 2.58. The lowest BCUT2D eigenvalue weighted by Crippen LogP contribution is -2.14. The van der Waals surface area contributed by atoms with E-state index in [4.69, 9.17) is 0 Å². The van der Waals surface area contributed by atoms with Gasteiger partial charge in [0.05, 0.1) is 16.6 Å². The molecule has 0 aromatic heterocycles. The largest absolute Gasteiger partial charge is 0.416 e. The van der Waals surface area contributed by atoms with Crippen LogP contribution in [0.25, 0.3) is 0 Å². The molecule has 0 amide bonds. The molecule has 0 aliphatic carbocycles. The Hall–Kier alpha value is -2.66. The van der Waals surface area contributed by atoms with E-state index in [-0.39, 0.29) is 17.8 Å². The number of nitrogens with one attached hydrogen (secondary N) is 1. The molecule has 2 aromatic carbocycles. The quantitative estimate of drug-likeness (QED) is 0.565. The van der Waals surface area contributed by atoms with Crippen molar-refractivity contribution in [1.82, 2.24) is 0 Å². The van der Waals surface area contributed by atoms with Crippen LogP contribution in [0.4, 0.5) is 24.5 Å². The van der Waals surface area contributed by atoms with Gasteiger partial charge in [-0.1, -0.05) is 12.1 Å². The number of sulfone groups is 1. The van der Waals surface area contributed by atoms with Gasteiger partial charge in [0, 0.05) is 24.6 Å². The number of nitrogens with zero attached hydrogens (tertiary/aromatic N) is 1. The second kappa shape index (κ2) is 7.53. The predicted molar refractivity (Wildman–Crippen MR) is 91.1 cm³/mol. The Bertz CT molecular complexity index is 961. The highest BCUT2D eigenvalue weighted by molar-refractivity contribution is 7.90. The normalized spacial score (nSPS) is 13.2. The number of alkyl halides is 3. The maximum absolute atomic E-state index is 12.7. The fourth-order valence-electron chi connectivity index (χ4n) is 2.33. The van der Waals surface area contributed by atoms with E-state index in [1.165, 1.54) is 12.1 Å². The van der Waals surface area contributed by atoms with E-state index in [0.29, 0.717) is 0 Å². The summed E-state index contributed by atoms with van der Waals surface area (Å²) in [6.45, 7) is -0.234. The van der Waals surface area contributed by atoms with Crippen molar-refractivity contribution in [2.45, 2.75) is 17.2 Å². The molecule has 2 rings (SSSR count). The van der Waals surface area contributed by atoms with Gasteiger partial charge in [-0.3, -0.25) is 10.1 Å². The Balaban J connectivity index is 2.21. The third-order valence-corrected chi connectivity index (χ3v) is 4.78. The zero-order chi connectivity index (χ0) is 20.4. The van der Waals surface area contributed by atoms with E-state index >= 15 is 0 Å². The number of halogens is 3. The molecule has 0 aliphatic heterocycles. The van der Waals surface area contributed by atoms with Crippen molar-refractivity contribution in [3.8, 4) is 0 Å². The van der Waals surface area contributed by atoms with E-state index < -0.39 is 43.2 Å². The van der Waals surface area contributed by atoms with Gasteiger partial charge in [-0.25, -0.2) is 8.42 Å². The molecular formula is C16H15F3N2O5S. The summed E-state index contributed by atoms with van der Waals surface area (Å²) in [6.07, 6.45) is -5.05. The molecule has 0 radical (unpaired) electrons. The van der Waals surface area contributed by atoms with Crippen molar-refractivity contribution in [2.24, 2.45) is 0 Å². The Morgan fingerprint density at radius 1 is 1.22 bits per heavy atom. The number of hydrogen-bond donors (Lipinski definition) is 2. The Morgan fingerprint density at radius 2 is 1.89 bits per heavy atom. The Labute approximate surface area is 152 Å². The molecule has 11 heteroatoms. The van der Waals surface area contributed by atoms with Gasteiger partial charge in [-0.05, 0) is 29.8 Å². The van der Waals surface area contributed by atoms with Gasteiger partial charge in [0.2, 0.25) is 0 Å². The highest BCUT2D eigenvalue weighted by atomic mass is 32.2. The van der Waals surface area contributed by atoms with E-state index in [0.717, 1.165) is 36.6 Å². The van der Waals surface area contributed by atoms with Crippen LogP contribution in [0.1, 0.15) is 17.2 Å². The predicted octanol–water partition coefficient (Wildman–Crippen LogP) is 3.16. The molecule has 0 saturated carbocycles. The minimum Gasteiger partial charge on any atom is -0.387 e. The number of benzene rings is 2. The molecule has 146 valence electrons. The van der Waals surface area contributed by atoms with Crippen LogP contribution in [0, 0.1) is 10.1 Å². The highest BCUT2D eigenvalue weighted by Gasteiger charge is 2.31. The lowest BCUT2D eigenvalue weighted by atomic mass is 10.1. The smallest absolute Gasteiger partial charge is 0.387 e. The maximum Gasteiger partial charge on any atom is 0.416 e. The second-order valence-corrected chi connectivity index (χ2v) is 7.72. The van der Waals surface area contributed by atoms with Gasteiger partial charge >= 0.3 is 6.18 Å². The first-order chi connectivity index (χ1) is 12.4. The molecule has 0 bridgehead atoms. The lowest BCUT2D eigenvalue weighted by Gasteiger charge is -2.15. The molecule has 0 saturated heterocycles. The van der Waals surface area contributed by atoms with Crippen molar-refractivity contribution in [3.05, 3.63) is 63.7 Å². The van der Waals surface area contributed by atoms with Gasteiger partial charge in [0.1, 0.15) is 4.90 Å². The van der Waals surface area contributed by atoms with Crippen molar-refractivity contribution in [2.75, 3.05) is 18.1 Å². The fraction of sp³-hybridized carbons (Fsp3) is 0.250. The Morgan fingerprint density at radius 3 is 2.44 bits per heavy atom. The molecule has 0 fully saturated rings. The number of aliphatic hydroxyl groups excluding tert-OH is 1. The van der Waals surface area contributed by atoms with Crippen molar-refractivity contribution < 1.29 is 31.6 Å². The van der Waals surface area contributed by atoms with E-state index in [1.807, 2.05) is 0 Å². The molecule has 0 aliphatic rings. The number of anilines is 1. The number of nitro benzene ring substituents is 1. The molecule has 1 atom stereocenters. The van der Waals surface area contributed by atoms with Gasteiger partial charge in [0.25, 0.3) is 5.69 Å². The summed E-state index contributed by atoms with van der Waals surface area (Å²) in [4.78, 5) is 9.59. The van der Waals surface area contributed by atoms with Crippen molar-refractivity contribution in [3.63, 3.8) is 0 Å². The first kappa shape index (κ1) is 20.6. The average molecular weight is 404 g/mol. The van der Waals surface area contributed by atoms with E-state index in [2.05, 4.69) is 5.32 Å². The van der Waals surface area contributed by atoms with Crippen LogP contribution < -0.4 is 5.32 Å². The van der Waals surface area contributed by atoms with Crippen LogP contribution in [-0.4, -0.2) is 31.2 Å². The van der Waals surface area contributed by atoms with Gasteiger partial charge < -0.3 is 10.4 Å². The number of aliphatic hydroxyl groups is 1. The van der Waals surface area contributed by atoms with Gasteiger partial charge in [0.15, 0.2) is 9.84 Å². The van der Waals surface area contributed by atoms with Crippen LogP contribution in [0.3, 0.4) is 0 Å². The van der Waals surface area contributed by atoms with Crippen molar-refractivity contribution in [1.29, 1.82) is 0 Å². The van der Waals surface area contributed by atoms with Crippen LogP contribution in [0.15, 0.2) is 47.4 Å². The standard InChI is InChI=1S/C16H15F3N2O5S/c1-27(25,26)15-8-12(5-6-13(15)21(23)24)20-9-14(22)10-3-2-4-11(7-10)16(17,18)19/h2-8,14,20,22H,9H2,1H3. The van der Waals surface area contributed by atoms with Crippen molar-refractivity contribution >= 4 is 21.2 Å². The maximum atomic E-state index is 12.7. The monoisotopic (exact) mass is 404 g/mol. The lowest BCUT2D eigenvalue weighted by molar-refractivity contribution is -0.387. The van der Waals surface area contributed by atoms with Gasteiger partial charge in [-0.15, -0.1) is 0 Å². The fourth-order valence-corrected chi connectivity index (χ4v) is 3.19. The summed E-state index contributed by atoms with van der Waals surface area (Å²) in [5, 5.41) is 23.7. The molecule has 1 unspecified atom stereocenters. The Kier molecular flexibility index (Phi) is 5.76. The molecule has 7 nitrogen and oxygen atoms in total. The van der Waals surface area contributed by atoms with Crippen LogP contribution in [0.5, 0.6) is 0 Å². The summed E-state index contributed by atoms with van der Waals surface area (Å²) < 4.78 is 61.6. The summed E-state index contributed by atoms with van der Waals surface area (Å²) in [5.41, 5.74) is -1.33. The molecule has 0 heterocycles. The van der Waals surface area contributed by atoms with Crippen LogP contribution in [0.2, 0.25) is 0 Å². The third kappa shape index (κ3) is 5.17. The summed E-state index contributed by atoms with van der Waals surface area (Å²) in [6, 6.07) is 7.43. The number of rotatable bonds is 6. The topological polar surface area (TPSA) is 110 Å². The first-order valence-electron chi connectivity index (χ1n) is 7.47. The third-order valence-electron chi connectivity index (χ3n) is 3.65. The SMILES string of the molecule is CS(=O)(=O)c1cc(NCC(O)c2cccc(C(F)(F)F)c2)ccc1[N+](=O)[O-]. The van der Waals surface area contributed by atoms with Gasteiger partial charge in [-0.2, -0.15) is 13.2 Å². The minimum atomic E-state index is -4.55. The molecule has 2 N–H and O–H groups in total. The zero-order valence-corrected chi connectivity index (χ0v) is 14.7. The number of hydrogen-bond acceptors (Lipinski definition) is 6. The van der Waals surface area contributed by atoms with Crippen LogP contribution in [-0.2, 0) is 16.0 Å². The zero-order valence-electron chi connectivity index (χ0n) is 13.9. The van der Waals surface area contributed by atoms with E-state index in [9.17, 15) is 36.8 Å². The number of nitro groups is 1. The van der Waals surface area contributed by atoms with E-state index in [1.54, 1.807) is 0 Å². The first-order valence-corrected chi connectivity index (χ1v) is 9.36. The summed E-state index contributed by atoms with van der Waals surface area (Å²) in [7, 11) is -3.88. The minimum absolute atomic E-state index is 0.0163. The molecule has 0 spiro atoms. The second-order valence-electron chi connectivity index (χ2n) is 5.73. The highest BCUT2D eigenvalue weighted by Crippen LogP contribution is 2.31. The van der Waals surface area contributed by atoms with Crippen LogP contribution >= 0.6 is 0 Å². The molecule has 27 heavy (non-hydrogen) atoms. The summed E-state index contributed by atoms with van der Waals surface area (Å²) in [5.74, 6) is 0. The summed E-state index contributed by atoms with van der Waals surface area (Å²) >= 11 is 0. The molecular weight excluding hydrogens is 389 g/mol.